The minimum atomic E-state index is -0.0409. The average molecular weight is 227 g/mol. The molecule has 4 heteroatoms. The fourth-order valence-corrected chi connectivity index (χ4v) is 1.94. The highest BCUT2D eigenvalue weighted by Gasteiger charge is 2.20. The number of fused-ring (bicyclic) bond motifs is 1. The average Bonchev–Trinajstić information content (AvgIpc) is 2.33. The summed E-state index contributed by atoms with van der Waals surface area (Å²) in [5.74, 6) is -0.0409. The number of carbonyl (C=O) groups excluding carboxylic acids is 1. The first-order valence-electron chi connectivity index (χ1n) is 5.70. The van der Waals surface area contributed by atoms with Crippen LogP contribution in [0.3, 0.4) is 0 Å². The van der Waals surface area contributed by atoms with Crippen LogP contribution >= 0.6 is 0 Å². The molecule has 2 N–H and O–H groups in total. The molecule has 86 valence electrons. The Morgan fingerprint density at radius 2 is 2.12 bits per heavy atom. The molecule has 1 amide bonds. The molecule has 1 aromatic heterocycles. The molecule has 0 spiro atoms. The van der Waals surface area contributed by atoms with Gasteiger partial charge in [0.05, 0.1) is 17.1 Å². The van der Waals surface area contributed by atoms with Crippen LogP contribution in [0, 0.1) is 0 Å². The molecule has 1 saturated heterocycles. The van der Waals surface area contributed by atoms with E-state index in [1.165, 1.54) is 0 Å². The molecule has 1 aliphatic heterocycles. The van der Waals surface area contributed by atoms with Crippen LogP contribution in [0.4, 0.5) is 0 Å². The van der Waals surface area contributed by atoms with Crippen LogP contribution in [0.25, 0.3) is 10.9 Å². The van der Waals surface area contributed by atoms with E-state index < -0.39 is 0 Å². The largest absolute Gasteiger partial charge is 0.347 e. The summed E-state index contributed by atoms with van der Waals surface area (Å²) in [5, 5.41) is 7.10. The summed E-state index contributed by atoms with van der Waals surface area (Å²) in [6.45, 7) is 1.70. The molecule has 0 bridgehead atoms. The Balaban J connectivity index is 1.95. The number of para-hydroxylation sites is 1. The lowest BCUT2D eigenvalue weighted by Gasteiger charge is -2.28. The summed E-state index contributed by atoms with van der Waals surface area (Å²) in [7, 11) is 0. The van der Waals surface area contributed by atoms with Crippen LogP contribution in [-0.4, -0.2) is 30.0 Å². The first-order chi connectivity index (χ1) is 8.34. The van der Waals surface area contributed by atoms with Gasteiger partial charge in [-0.3, -0.25) is 9.78 Å². The van der Waals surface area contributed by atoms with Crippen LogP contribution < -0.4 is 10.6 Å². The molecule has 1 fully saturated rings. The molecule has 2 aromatic rings. The maximum absolute atomic E-state index is 12.1. The third-order valence-electron chi connectivity index (χ3n) is 2.99. The van der Waals surface area contributed by atoms with Crippen LogP contribution in [0.15, 0.2) is 36.5 Å². The molecule has 2 heterocycles. The summed E-state index contributed by atoms with van der Waals surface area (Å²) >= 11 is 0. The number of benzene rings is 1. The molecule has 0 radical (unpaired) electrons. The van der Waals surface area contributed by atoms with Gasteiger partial charge in [-0.05, 0) is 12.1 Å². The highest BCUT2D eigenvalue weighted by molar-refractivity contribution is 6.05. The normalized spacial score (nSPS) is 15.5. The number of nitrogens with zero attached hydrogens (tertiary/aromatic N) is 1. The number of hydrogen-bond acceptors (Lipinski definition) is 3. The Hall–Kier alpha value is -1.94. The lowest BCUT2D eigenvalue weighted by molar-refractivity contribution is 0.0925. The SMILES string of the molecule is O=C(NC1CNC1)c1cccc2cccnc12. The Morgan fingerprint density at radius 1 is 1.29 bits per heavy atom. The minimum Gasteiger partial charge on any atom is -0.347 e. The predicted octanol–water partition coefficient (Wildman–Crippen LogP) is 0.936. The molecular formula is C13H13N3O. The van der Waals surface area contributed by atoms with Crippen LogP contribution in [0.5, 0.6) is 0 Å². The van der Waals surface area contributed by atoms with Crippen molar-refractivity contribution in [2.45, 2.75) is 6.04 Å². The summed E-state index contributed by atoms with van der Waals surface area (Å²) in [6.07, 6.45) is 1.71. The Kier molecular flexibility index (Phi) is 2.49. The molecular weight excluding hydrogens is 214 g/mol. The van der Waals surface area contributed by atoms with Crippen molar-refractivity contribution in [3.63, 3.8) is 0 Å². The number of pyridine rings is 1. The van der Waals surface area contributed by atoms with Crippen molar-refractivity contribution in [3.05, 3.63) is 42.1 Å². The summed E-state index contributed by atoms with van der Waals surface area (Å²) in [6, 6.07) is 9.75. The number of nitrogens with one attached hydrogen (secondary N) is 2. The van der Waals surface area contributed by atoms with Crippen LogP contribution in [0.2, 0.25) is 0 Å². The second-order valence-electron chi connectivity index (χ2n) is 4.21. The fourth-order valence-electron chi connectivity index (χ4n) is 1.94. The lowest BCUT2D eigenvalue weighted by atomic mass is 10.1. The van der Waals surface area contributed by atoms with Gasteiger partial charge >= 0.3 is 0 Å². The quantitative estimate of drug-likeness (QED) is 0.802. The van der Waals surface area contributed by atoms with Crippen molar-refractivity contribution >= 4 is 16.8 Å². The van der Waals surface area contributed by atoms with Gasteiger partial charge in [0.25, 0.3) is 5.91 Å². The fraction of sp³-hybridized carbons (Fsp3) is 0.231. The number of rotatable bonds is 2. The topological polar surface area (TPSA) is 54.0 Å². The second kappa shape index (κ2) is 4.14. The molecule has 0 unspecified atom stereocenters. The van der Waals surface area contributed by atoms with E-state index in [0.717, 1.165) is 24.0 Å². The Bertz CT molecular complexity index is 558. The molecule has 0 atom stereocenters. The van der Waals surface area contributed by atoms with Crippen molar-refractivity contribution in [2.75, 3.05) is 13.1 Å². The first-order valence-corrected chi connectivity index (χ1v) is 5.70. The zero-order chi connectivity index (χ0) is 11.7. The molecule has 1 aromatic carbocycles. The Morgan fingerprint density at radius 3 is 2.88 bits per heavy atom. The van der Waals surface area contributed by atoms with Gasteiger partial charge in [-0.1, -0.05) is 18.2 Å². The van der Waals surface area contributed by atoms with E-state index in [4.69, 9.17) is 0 Å². The molecule has 4 nitrogen and oxygen atoms in total. The van der Waals surface area contributed by atoms with Crippen LogP contribution in [-0.2, 0) is 0 Å². The lowest BCUT2D eigenvalue weighted by Crippen LogP contribution is -2.56. The van der Waals surface area contributed by atoms with Gasteiger partial charge in [-0.25, -0.2) is 0 Å². The van der Waals surface area contributed by atoms with E-state index >= 15 is 0 Å². The number of carbonyl (C=O) groups is 1. The molecule has 1 aliphatic rings. The predicted molar refractivity (Wildman–Crippen MR) is 65.9 cm³/mol. The van der Waals surface area contributed by atoms with E-state index in [1.54, 1.807) is 6.20 Å². The van der Waals surface area contributed by atoms with E-state index in [1.807, 2.05) is 30.3 Å². The third kappa shape index (κ3) is 1.87. The maximum atomic E-state index is 12.1. The van der Waals surface area contributed by atoms with Crippen molar-refractivity contribution in [1.29, 1.82) is 0 Å². The van der Waals surface area contributed by atoms with Crippen molar-refractivity contribution in [2.24, 2.45) is 0 Å². The number of amides is 1. The monoisotopic (exact) mass is 227 g/mol. The van der Waals surface area contributed by atoms with Gasteiger partial charge in [-0.15, -0.1) is 0 Å². The first kappa shape index (κ1) is 10.2. The van der Waals surface area contributed by atoms with Crippen molar-refractivity contribution in [3.8, 4) is 0 Å². The minimum absolute atomic E-state index is 0.0409. The standard InChI is InChI=1S/C13H13N3O/c17-13(16-10-7-14-8-10)11-5-1-3-9-4-2-6-15-12(9)11/h1-6,10,14H,7-8H2,(H,16,17). The number of aromatic nitrogens is 1. The smallest absolute Gasteiger partial charge is 0.253 e. The van der Waals surface area contributed by atoms with Gasteiger partial charge in [0.15, 0.2) is 0 Å². The van der Waals surface area contributed by atoms with Crippen molar-refractivity contribution < 1.29 is 4.79 Å². The maximum Gasteiger partial charge on any atom is 0.253 e. The molecule has 0 aliphatic carbocycles. The van der Waals surface area contributed by atoms with Gasteiger partial charge in [0, 0.05) is 24.7 Å². The van der Waals surface area contributed by atoms with E-state index in [0.29, 0.717) is 5.56 Å². The van der Waals surface area contributed by atoms with Gasteiger partial charge in [0.2, 0.25) is 0 Å². The summed E-state index contributed by atoms with van der Waals surface area (Å²) in [4.78, 5) is 16.4. The van der Waals surface area contributed by atoms with Gasteiger partial charge < -0.3 is 10.6 Å². The highest BCUT2D eigenvalue weighted by atomic mass is 16.1. The molecule has 17 heavy (non-hydrogen) atoms. The summed E-state index contributed by atoms with van der Waals surface area (Å²) in [5.41, 5.74) is 1.41. The van der Waals surface area contributed by atoms with Gasteiger partial charge in [0.1, 0.15) is 0 Å². The van der Waals surface area contributed by atoms with Gasteiger partial charge in [-0.2, -0.15) is 0 Å². The van der Waals surface area contributed by atoms with E-state index in [9.17, 15) is 4.79 Å². The number of hydrogen-bond donors (Lipinski definition) is 2. The zero-order valence-corrected chi connectivity index (χ0v) is 9.31. The Labute approximate surface area is 99.0 Å². The van der Waals surface area contributed by atoms with Crippen molar-refractivity contribution in [1.82, 2.24) is 15.6 Å². The van der Waals surface area contributed by atoms with E-state index in [-0.39, 0.29) is 11.9 Å². The summed E-state index contributed by atoms with van der Waals surface area (Å²) < 4.78 is 0. The van der Waals surface area contributed by atoms with E-state index in [2.05, 4.69) is 15.6 Å². The second-order valence-corrected chi connectivity index (χ2v) is 4.21. The highest BCUT2D eigenvalue weighted by Crippen LogP contribution is 2.15. The molecule has 0 saturated carbocycles. The molecule has 3 rings (SSSR count). The zero-order valence-electron chi connectivity index (χ0n) is 9.31. The third-order valence-corrected chi connectivity index (χ3v) is 2.99. The van der Waals surface area contributed by atoms with Crippen LogP contribution in [0.1, 0.15) is 10.4 Å².